The SMILES string of the molecule is O=C(On1ccc2c(-c3cn[nH]c3)cncc21)C(F)(F)F. The van der Waals surface area contributed by atoms with Gasteiger partial charge in [0.25, 0.3) is 0 Å². The van der Waals surface area contributed by atoms with Crippen molar-refractivity contribution in [2.24, 2.45) is 0 Å². The fourth-order valence-corrected chi connectivity index (χ4v) is 1.88. The number of carbonyl (C=O) groups is 1. The summed E-state index contributed by atoms with van der Waals surface area (Å²) in [7, 11) is 0. The van der Waals surface area contributed by atoms with Crippen molar-refractivity contribution in [2.45, 2.75) is 6.18 Å². The lowest BCUT2D eigenvalue weighted by molar-refractivity contribution is -0.199. The van der Waals surface area contributed by atoms with Crippen molar-refractivity contribution in [1.82, 2.24) is 19.9 Å². The Kier molecular flexibility index (Phi) is 2.89. The van der Waals surface area contributed by atoms with Gasteiger partial charge in [-0.15, -0.1) is 0 Å². The summed E-state index contributed by atoms with van der Waals surface area (Å²) < 4.78 is 37.4. The summed E-state index contributed by atoms with van der Waals surface area (Å²) in [4.78, 5) is 19.1. The number of pyridine rings is 1. The molecule has 0 radical (unpaired) electrons. The molecule has 0 spiro atoms. The highest BCUT2D eigenvalue weighted by Crippen LogP contribution is 2.27. The Morgan fingerprint density at radius 3 is 2.76 bits per heavy atom. The maximum atomic E-state index is 12.2. The van der Waals surface area contributed by atoms with Gasteiger partial charge < -0.3 is 4.84 Å². The molecule has 0 aliphatic heterocycles. The number of hydrogen-bond donors (Lipinski definition) is 1. The summed E-state index contributed by atoms with van der Waals surface area (Å²) in [6.45, 7) is 0. The molecule has 3 rings (SSSR count). The van der Waals surface area contributed by atoms with Gasteiger partial charge in [-0.1, -0.05) is 0 Å². The van der Waals surface area contributed by atoms with Gasteiger partial charge in [0, 0.05) is 35.1 Å². The summed E-state index contributed by atoms with van der Waals surface area (Å²) >= 11 is 0. The highest BCUT2D eigenvalue weighted by Gasteiger charge is 2.42. The molecule has 0 aliphatic rings. The predicted octanol–water partition coefficient (Wildman–Crippen LogP) is 1.94. The van der Waals surface area contributed by atoms with Crippen LogP contribution in [-0.2, 0) is 4.79 Å². The molecule has 108 valence electrons. The largest absolute Gasteiger partial charge is 0.493 e. The normalized spacial score (nSPS) is 11.8. The zero-order chi connectivity index (χ0) is 15.0. The second kappa shape index (κ2) is 4.62. The van der Waals surface area contributed by atoms with Crippen LogP contribution in [0.1, 0.15) is 0 Å². The smallest absolute Gasteiger partial charge is 0.328 e. The standard InChI is InChI=1S/C12H7F3N4O2/c13-12(14,15)11(20)21-19-2-1-8-9(5-16-6-10(8)19)7-3-17-18-4-7/h1-6H,(H,17,18). The summed E-state index contributed by atoms with van der Waals surface area (Å²) in [6, 6.07) is 1.53. The molecule has 0 bridgehead atoms. The van der Waals surface area contributed by atoms with E-state index in [9.17, 15) is 18.0 Å². The molecule has 0 atom stereocenters. The molecular formula is C12H7F3N4O2. The number of carbonyl (C=O) groups excluding carboxylic acids is 1. The van der Waals surface area contributed by atoms with Crippen molar-refractivity contribution in [3.05, 3.63) is 37.1 Å². The van der Waals surface area contributed by atoms with Gasteiger partial charge in [-0.05, 0) is 6.07 Å². The molecule has 6 nitrogen and oxygen atoms in total. The zero-order valence-electron chi connectivity index (χ0n) is 10.3. The Morgan fingerprint density at radius 2 is 2.10 bits per heavy atom. The van der Waals surface area contributed by atoms with E-state index in [1.54, 1.807) is 18.6 Å². The van der Waals surface area contributed by atoms with Crippen LogP contribution in [0.15, 0.2) is 37.1 Å². The third kappa shape index (κ3) is 2.33. The highest BCUT2D eigenvalue weighted by molar-refractivity contribution is 5.94. The van der Waals surface area contributed by atoms with Gasteiger partial charge in [0.2, 0.25) is 0 Å². The number of fused-ring (bicyclic) bond motifs is 1. The van der Waals surface area contributed by atoms with E-state index >= 15 is 0 Å². The molecule has 9 heteroatoms. The van der Waals surface area contributed by atoms with Crippen molar-refractivity contribution < 1.29 is 22.8 Å². The maximum Gasteiger partial charge on any atom is 0.493 e. The van der Waals surface area contributed by atoms with Crippen molar-refractivity contribution in [2.75, 3.05) is 0 Å². The van der Waals surface area contributed by atoms with Crippen molar-refractivity contribution in [3.63, 3.8) is 0 Å². The minimum Gasteiger partial charge on any atom is -0.328 e. The molecule has 0 unspecified atom stereocenters. The van der Waals surface area contributed by atoms with Crippen molar-refractivity contribution in [1.29, 1.82) is 0 Å². The number of halogens is 3. The Hall–Kier alpha value is -2.84. The molecule has 0 saturated heterocycles. The fourth-order valence-electron chi connectivity index (χ4n) is 1.88. The van der Waals surface area contributed by atoms with Gasteiger partial charge in [0.15, 0.2) is 0 Å². The highest BCUT2D eigenvalue weighted by atomic mass is 19.4. The summed E-state index contributed by atoms with van der Waals surface area (Å²) in [5.41, 5.74) is 1.61. The number of H-pyrrole nitrogens is 1. The molecule has 0 aromatic carbocycles. The van der Waals surface area contributed by atoms with Gasteiger partial charge in [-0.2, -0.15) is 23.0 Å². The lowest BCUT2D eigenvalue weighted by atomic mass is 10.1. The van der Waals surface area contributed by atoms with Gasteiger partial charge in [-0.25, -0.2) is 4.79 Å². The average Bonchev–Trinajstić information content (AvgIpc) is 3.07. The summed E-state index contributed by atoms with van der Waals surface area (Å²) in [5, 5.41) is 7.02. The van der Waals surface area contributed by atoms with Crippen LogP contribution in [0.5, 0.6) is 0 Å². The van der Waals surface area contributed by atoms with E-state index in [2.05, 4.69) is 20.0 Å². The molecule has 3 heterocycles. The molecule has 0 saturated carbocycles. The minimum absolute atomic E-state index is 0.242. The minimum atomic E-state index is -5.06. The van der Waals surface area contributed by atoms with E-state index < -0.39 is 12.1 Å². The zero-order valence-corrected chi connectivity index (χ0v) is 10.3. The van der Waals surface area contributed by atoms with E-state index in [0.717, 1.165) is 4.73 Å². The quantitative estimate of drug-likeness (QED) is 0.784. The van der Waals surface area contributed by atoms with Crippen LogP contribution >= 0.6 is 0 Å². The monoisotopic (exact) mass is 296 g/mol. The topological polar surface area (TPSA) is 72.8 Å². The molecule has 0 fully saturated rings. The average molecular weight is 296 g/mol. The third-order valence-electron chi connectivity index (χ3n) is 2.80. The van der Waals surface area contributed by atoms with Crippen LogP contribution in [0.3, 0.4) is 0 Å². The number of rotatable bonds is 2. The fraction of sp³-hybridized carbons (Fsp3) is 0.0833. The van der Waals surface area contributed by atoms with E-state index in [4.69, 9.17) is 0 Å². The Labute approximate surface area is 115 Å². The molecule has 0 aliphatic carbocycles. The van der Waals surface area contributed by atoms with Crippen LogP contribution in [0.25, 0.3) is 22.0 Å². The number of nitrogens with one attached hydrogen (secondary N) is 1. The first-order chi connectivity index (χ1) is 9.97. The first-order valence-electron chi connectivity index (χ1n) is 5.70. The second-order valence-corrected chi connectivity index (χ2v) is 4.12. The Bertz CT molecular complexity index is 793. The predicted molar refractivity (Wildman–Crippen MR) is 65.0 cm³/mol. The van der Waals surface area contributed by atoms with Crippen LogP contribution in [0.2, 0.25) is 0 Å². The van der Waals surface area contributed by atoms with Crippen molar-refractivity contribution in [3.8, 4) is 11.1 Å². The molecular weight excluding hydrogens is 289 g/mol. The molecule has 3 aromatic heterocycles. The van der Waals surface area contributed by atoms with Crippen LogP contribution < -0.4 is 4.84 Å². The van der Waals surface area contributed by atoms with Gasteiger partial charge >= 0.3 is 12.1 Å². The van der Waals surface area contributed by atoms with E-state index in [-0.39, 0.29) is 5.52 Å². The van der Waals surface area contributed by atoms with E-state index in [1.165, 1.54) is 18.5 Å². The lowest BCUT2D eigenvalue weighted by Crippen LogP contribution is -2.32. The number of hydrogen-bond acceptors (Lipinski definition) is 4. The number of nitrogens with zero attached hydrogens (tertiary/aromatic N) is 3. The number of aromatic nitrogens is 4. The molecule has 3 aromatic rings. The summed E-state index contributed by atoms with van der Waals surface area (Å²) in [5.74, 6) is -2.30. The van der Waals surface area contributed by atoms with Crippen molar-refractivity contribution >= 4 is 16.9 Å². The van der Waals surface area contributed by atoms with Gasteiger partial charge in [0.05, 0.1) is 12.4 Å². The van der Waals surface area contributed by atoms with Crippen LogP contribution in [-0.4, -0.2) is 32.1 Å². The van der Waals surface area contributed by atoms with Crippen LogP contribution in [0, 0.1) is 0 Å². The first kappa shape index (κ1) is 13.2. The van der Waals surface area contributed by atoms with Gasteiger partial charge in [0.1, 0.15) is 5.52 Å². The van der Waals surface area contributed by atoms with Crippen LogP contribution in [0.4, 0.5) is 13.2 Å². The number of alkyl halides is 3. The molecule has 0 amide bonds. The second-order valence-electron chi connectivity index (χ2n) is 4.12. The maximum absolute atomic E-state index is 12.2. The molecule has 21 heavy (non-hydrogen) atoms. The Morgan fingerprint density at radius 1 is 1.29 bits per heavy atom. The Balaban J connectivity index is 2.04. The third-order valence-corrected chi connectivity index (χ3v) is 2.80. The van der Waals surface area contributed by atoms with Gasteiger partial charge in [-0.3, -0.25) is 10.1 Å². The van der Waals surface area contributed by atoms with E-state index in [1.807, 2.05) is 0 Å². The number of aromatic amines is 1. The molecule has 1 N–H and O–H groups in total. The summed E-state index contributed by atoms with van der Waals surface area (Å²) in [6.07, 6.45) is 2.18. The van der Waals surface area contributed by atoms with E-state index in [0.29, 0.717) is 16.5 Å². The lowest BCUT2D eigenvalue weighted by Gasteiger charge is -2.08. The first-order valence-corrected chi connectivity index (χ1v) is 5.70.